The van der Waals surface area contributed by atoms with Crippen molar-refractivity contribution in [1.29, 1.82) is 0 Å². The van der Waals surface area contributed by atoms with Gasteiger partial charge < -0.3 is 10.6 Å². The topological polar surface area (TPSA) is 24.1 Å². The van der Waals surface area contributed by atoms with Crippen LogP contribution in [0.2, 0.25) is 0 Å². The summed E-state index contributed by atoms with van der Waals surface area (Å²) in [6.45, 7) is 2.46. The SMILES string of the molecule is C1=C(CCNC2CCCC2C2CCCCN2)CCCC1. The van der Waals surface area contributed by atoms with Crippen molar-refractivity contribution in [3.63, 3.8) is 0 Å². The van der Waals surface area contributed by atoms with Gasteiger partial charge in [-0.25, -0.2) is 0 Å². The van der Waals surface area contributed by atoms with Crippen LogP contribution in [0.15, 0.2) is 11.6 Å². The Morgan fingerprint density at radius 2 is 2.05 bits per heavy atom. The smallest absolute Gasteiger partial charge is 0.0110 e. The number of allylic oxidation sites excluding steroid dienone is 1. The van der Waals surface area contributed by atoms with E-state index >= 15 is 0 Å². The van der Waals surface area contributed by atoms with Crippen molar-refractivity contribution < 1.29 is 0 Å². The van der Waals surface area contributed by atoms with E-state index in [-0.39, 0.29) is 0 Å². The second-order valence-electron chi connectivity index (χ2n) is 7.07. The molecule has 114 valence electrons. The molecule has 2 N–H and O–H groups in total. The molecule has 1 saturated carbocycles. The maximum absolute atomic E-state index is 3.90. The largest absolute Gasteiger partial charge is 0.314 e. The van der Waals surface area contributed by atoms with Crippen LogP contribution in [0.3, 0.4) is 0 Å². The molecule has 3 atom stereocenters. The van der Waals surface area contributed by atoms with Crippen LogP contribution < -0.4 is 10.6 Å². The fourth-order valence-corrected chi connectivity index (χ4v) is 4.52. The number of hydrogen-bond donors (Lipinski definition) is 2. The molecule has 0 spiro atoms. The van der Waals surface area contributed by atoms with E-state index in [0.717, 1.165) is 18.0 Å². The molecule has 0 aromatic carbocycles. The Morgan fingerprint density at radius 1 is 1.05 bits per heavy atom. The first kappa shape index (κ1) is 14.6. The molecule has 0 radical (unpaired) electrons. The van der Waals surface area contributed by atoms with Crippen molar-refractivity contribution in [3.8, 4) is 0 Å². The molecule has 2 heteroatoms. The van der Waals surface area contributed by atoms with E-state index < -0.39 is 0 Å². The van der Waals surface area contributed by atoms with Crippen LogP contribution in [0.4, 0.5) is 0 Å². The zero-order valence-electron chi connectivity index (χ0n) is 13.0. The van der Waals surface area contributed by atoms with E-state index in [2.05, 4.69) is 16.7 Å². The van der Waals surface area contributed by atoms with Crippen molar-refractivity contribution in [2.75, 3.05) is 13.1 Å². The van der Waals surface area contributed by atoms with E-state index in [0.29, 0.717) is 0 Å². The highest BCUT2D eigenvalue weighted by Crippen LogP contribution is 2.32. The molecule has 0 bridgehead atoms. The quantitative estimate of drug-likeness (QED) is 0.747. The third-order valence-corrected chi connectivity index (χ3v) is 5.67. The zero-order valence-corrected chi connectivity index (χ0v) is 13.0. The van der Waals surface area contributed by atoms with Gasteiger partial charge in [0.2, 0.25) is 0 Å². The molecule has 0 aromatic rings. The van der Waals surface area contributed by atoms with Gasteiger partial charge in [-0.05, 0) is 76.8 Å². The molecule has 1 heterocycles. The van der Waals surface area contributed by atoms with Crippen molar-refractivity contribution in [2.24, 2.45) is 5.92 Å². The summed E-state index contributed by atoms with van der Waals surface area (Å²) in [5.74, 6) is 0.899. The van der Waals surface area contributed by atoms with Gasteiger partial charge in [0, 0.05) is 12.1 Å². The lowest BCUT2D eigenvalue weighted by molar-refractivity contribution is 0.258. The van der Waals surface area contributed by atoms with Gasteiger partial charge in [-0.15, -0.1) is 0 Å². The Bertz CT molecular complexity index is 317. The van der Waals surface area contributed by atoms with E-state index in [1.807, 2.05) is 0 Å². The maximum atomic E-state index is 3.90. The summed E-state index contributed by atoms with van der Waals surface area (Å²) < 4.78 is 0. The first-order valence-electron chi connectivity index (χ1n) is 9.08. The number of piperidine rings is 1. The van der Waals surface area contributed by atoms with Gasteiger partial charge in [-0.3, -0.25) is 0 Å². The lowest BCUT2D eigenvalue weighted by atomic mass is 9.88. The molecular formula is C18H32N2. The van der Waals surface area contributed by atoms with Gasteiger partial charge in [0.1, 0.15) is 0 Å². The van der Waals surface area contributed by atoms with Gasteiger partial charge in [-0.1, -0.05) is 24.5 Å². The molecule has 1 saturated heterocycles. The molecule has 1 aliphatic heterocycles. The summed E-state index contributed by atoms with van der Waals surface area (Å²) in [6, 6.07) is 1.59. The number of hydrogen-bond acceptors (Lipinski definition) is 2. The Balaban J connectivity index is 1.42. The monoisotopic (exact) mass is 276 g/mol. The fraction of sp³-hybridized carbons (Fsp3) is 0.889. The fourth-order valence-electron chi connectivity index (χ4n) is 4.52. The van der Waals surface area contributed by atoms with Gasteiger partial charge >= 0.3 is 0 Å². The summed E-state index contributed by atoms with van der Waals surface area (Å²) in [7, 11) is 0. The number of nitrogens with one attached hydrogen (secondary N) is 2. The molecule has 3 rings (SSSR count). The first-order chi connectivity index (χ1) is 9.93. The van der Waals surface area contributed by atoms with Crippen molar-refractivity contribution in [3.05, 3.63) is 11.6 Å². The molecule has 20 heavy (non-hydrogen) atoms. The molecule has 3 unspecified atom stereocenters. The molecule has 3 aliphatic rings. The van der Waals surface area contributed by atoms with Crippen molar-refractivity contribution in [2.45, 2.75) is 82.7 Å². The second-order valence-corrected chi connectivity index (χ2v) is 7.07. The average Bonchev–Trinajstić information content (AvgIpc) is 2.98. The van der Waals surface area contributed by atoms with E-state index in [9.17, 15) is 0 Å². The summed E-state index contributed by atoms with van der Waals surface area (Å²) in [5, 5.41) is 7.67. The Labute approximate surface area is 124 Å². The minimum atomic E-state index is 0.787. The zero-order chi connectivity index (χ0) is 13.6. The molecule has 2 fully saturated rings. The highest BCUT2D eigenvalue weighted by molar-refractivity contribution is 5.05. The van der Waals surface area contributed by atoms with Gasteiger partial charge in [0.05, 0.1) is 0 Å². The first-order valence-corrected chi connectivity index (χ1v) is 9.08. The highest BCUT2D eigenvalue weighted by Gasteiger charge is 2.33. The lowest BCUT2D eigenvalue weighted by Crippen LogP contribution is -2.47. The van der Waals surface area contributed by atoms with Crippen LogP contribution in [-0.4, -0.2) is 25.2 Å². The van der Waals surface area contributed by atoms with Gasteiger partial charge in [0.15, 0.2) is 0 Å². The summed E-state index contributed by atoms with van der Waals surface area (Å²) in [4.78, 5) is 0. The van der Waals surface area contributed by atoms with Crippen molar-refractivity contribution in [1.82, 2.24) is 10.6 Å². The van der Waals surface area contributed by atoms with Gasteiger partial charge in [-0.2, -0.15) is 0 Å². The maximum Gasteiger partial charge on any atom is 0.0110 e. The minimum Gasteiger partial charge on any atom is -0.314 e. The van der Waals surface area contributed by atoms with Gasteiger partial charge in [0.25, 0.3) is 0 Å². The summed E-state index contributed by atoms with van der Waals surface area (Å²) in [6.07, 6.45) is 17.8. The van der Waals surface area contributed by atoms with E-state index in [1.54, 1.807) is 5.57 Å². The van der Waals surface area contributed by atoms with Crippen LogP contribution in [0.25, 0.3) is 0 Å². The number of rotatable bonds is 5. The highest BCUT2D eigenvalue weighted by atomic mass is 15.0. The van der Waals surface area contributed by atoms with Crippen LogP contribution in [-0.2, 0) is 0 Å². The Morgan fingerprint density at radius 3 is 2.85 bits per heavy atom. The predicted octanol–water partition coefficient (Wildman–Crippen LogP) is 3.78. The average molecular weight is 276 g/mol. The summed E-state index contributed by atoms with van der Waals surface area (Å²) >= 11 is 0. The standard InChI is InChI=1S/C18H32N2/c1-2-7-15(8-3-1)12-14-20-18-11-6-9-16(18)17-10-4-5-13-19-17/h7,16-20H,1-6,8-14H2. The Hall–Kier alpha value is -0.340. The molecular weight excluding hydrogens is 244 g/mol. The Kier molecular flexibility index (Phi) is 5.55. The molecule has 0 amide bonds. The van der Waals surface area contributed by atoms with E-state index in [4.69, 9.17) is 0 Å². The van der Waals surface area contributed by atoms with Crippen LogP contribution >= 0.6 is 0 Å². The lowest BCUT2D eigenvalue weighted by Gasteiger charge is -2.33. The minimum absolute atomic E-state index is 0.787. The van der Waals surface area contributed by atoms with Crippen LogP contribution in [0.1, 0.15) is 70.6 Å². The normalized spacial score (nSPS) is 35.0. The van der Waals surface area contributed by atoms with Crippen LogP contribution in [0, 0.1) is 5.92 Å². The van der Waals surface area contributed by atoms with E-state index in [1.165, 1.54) is 83.7 Å². The van der Waals surface area contributed by atoms with Crippen molar-refractivity contribution >= 4 is 0 Å². The van der Waals surface area contributed by atoms with Crippen LogP contribution in [0.5, 0.6) is 0 Å². The third kappa shape index (κ3) is 3.85. The predicted molar refractivity (Wildman–Crippen MR) is 85.9 cm³/mol. The molecule has 2 aliphatic carbocycles. The summed E-state index contributed by atoms with van der Waals surface area (Å²) in [5.41, 5.74) is 1.72. The molecule has 2 nitrogen and oxygen atoms in total. The second kappa shape index (κ2) is 7.61. The third-order valence-electron chi connectivity index (χ3n) is 5.67. The molecule has 0 aromatic heterocycles.